The van der Waals surface area contributed by atoms with Gasteiger partial charge in [-0.1, -0.05) is 60.1 Å². The lowest BCUT2D eigenvalue weighted by atomic mass is 10.1. The van der Waals surface area contributed by atoms with Crippen molar-refractivity contribution in [2.45, 2.75) is 26.1 Å². The lowest BCUT2D eigenvalue weighted by Crippen LogP contribution is -2.48. The number of halogens is 1. The Kier molecular flexibility index (Phi) is 8.72. The summed E-state index contributed by atoms with van der Waals surface area (Å²) in [6.07, 6.45) is 0. The average molecular weight is 467 g/mol. The lowest BCUT2D eigenvalue weighted by Gasteiger charge is -2.29. The van der Waals surface area contributed by atoms with Crippen molar-refractivity contribution in [1.29, 1.82) is 0 Å². The average Bonchev–Trinajstić information content (AvgIpc) is 2.85. The topological polar surface area (TPSA) is 67.9 Å². The highest BCUT2D eigenvalue weighted by Crippen LogP contribution is 2.18. The first kappa shape index (κ1) is 24.1. The van der Waals surface area contributed by atoms with Gasteiger partial charge in [0.05, 0.1) is 7.11 Å². The number of nitrogens with one attached hydrogen (secondary N) is 1. The summed E-state index contributed by atoms with van der Waals surface area (Å²) in [6, 6.07) is 23.0. The van der Waals surface area contributed by atoms with Crippen LogP contribution in [0.15, 0.2) is 78.9 Å². The summed E-state index contributed by atoms with van der Waals surface area (Å²) in [6.45, 7) is 2.06. The number of ether oxygens (including phenoxy) is 2. The Labute approximate surface area is 199 Å². The molecule has 2 amide bonds. The van der Waals surface area contributed by atoms with Crippen molar-refractivity contribution < 1.29 is 19.1 Å². The molecule has 0 saturated carbocycles. The van der Waals surface area contributed by atoms with Gasteiger partial charge >= 0.3 is 0 Å². The molecule has 172 valence electrons. The summed E-state index contributed by atoms with van der Waals surface area (Å²) in [5.41, 5.74) is 1.71. The zero-order valence-corrected chi connectivity index (χ0v) is 19.4. The number of carbonyl (C=O) groups is 2. The van der Waals surface area contributed by atoms with Crippen LogP contribution in [0.5, 0.6) is 11.5 Å². The number of hydrogen-bond acceptors (Lipinski definition) is 4. The fourth-order valence-electron chi connectivity index (χ4n) is 3.29. The maximum Gasteiger partial charge on any atom is 0.261 e. The molecule has 0 radical (unpaired) electrons. The molecule has 0 spiro atoms. The minimum atomic E-state index is -0.720. The molecular weight excluding hydrogens is 440 g/mol. The van der Waals surface area contributed by atoms with Crippen LogP contribution in [-0.2, 0) is 22.7 Å². The first-order chi connectivity index (χ1) is 16.0. The largest absolute Gasteiger partial charge is 0.496 e. The van der Waals surface area contributed by atoms with Crippen LogP contribution >= 0.6 is 11.6 Å². The second-order valence-electron chi connectivity index (χ2n) is 7.46. The van der Waals surface area contributed by atoms with Gasteiger partial charge in [0, 0.05) is 23.7 Å². The Bertz CT molecular complexity index is 1060. The molecule has 0 aliphatic rings. The molecule has 1 atom stereocenters. The van der Waals surface area contributed by atoms with Crippen LogP contribution in [0.25, 0.3) is 0 Å². The summed E-state index contributed by atoms with van der Waals surface area (Å²) < 4.78 is 11.0. The smallest absolute Gasteiger partial charge is 0.261 e. The molecule has 3 aromatic carbocycles. The zero-order chi connectivity index (χ0) is 23.6. The second kappa shape index (κ2) is 11.9. The van der Waals surface area contributed by atoms with E-state index in [2.05, 4.69) is 5.32 Å². The van der Waals surface area contributed by atoms with E-state index in [-0.39, 0.29) is 31.5 Å². The standard InChI is InChI=1S/C26H27ClN2O4/c1-19(26(31)28-16-21-8-6-7-11-24(21)32-2)29(17-20-12-14-22(27)15-13-20)25(30)18-33-23-9-4-3-5-10-23/h3-15,19H,16-18H2,1-2H3,(H,28,31)/t19-/m1/s1. The van der Waals surface area contributed by atoms with Gasteiger partial charge in [0.2, 0.25) is 5.91 Å². The Balaban J connectivity index is 1.71. The van der Waals surface area contributed by atoms with Gasteiger partial charge in [-0.25, -0.2) is 0 Å². The highest BCUT2D eigenvalue weighted by atomic mass is 35.5. The number of methoxy groups -OCH3 is 1. The lowest BCUT2D eigenvalue weighted by molar-refractivity contribution is -0.142. The van der Waals surface area contributed by atoms with Gasteiger partial charge in [-0.05, 0) is 42.8 Å². The van der Waals surface area contributed by atoms with E-state index in [0.29, 0.717) is 16.5 Å². The summed E-state index contributed by atoms with van der Waals surface area (Å²) in [4.78, 5) is 27.6. The quantitative estimate of drug-likeness (QED) is 0.479. The van der Waals surface area contributed by atoms with Crippen molar-refractivity contribution in [2.75, 3.05) is 13.7 Å². The van der Waals surface area contributed by atoms with E-state index in [1.165, 1.54) is 4.90 Å². The van der Waals surface area contributed by atoms with Gasteiger partial charge in [0.15, 0.2) is 6.61 Å². The highest BCUT2D eigenvalue weighted by molar-refractivity contribution is 6.30. The predicted octanol–water partition coefficient (Wildman–Crippen LogP) is 4.46. The van der Waals surface area contributed by atoms with Gasteiger partial charge in [-0.15, -0.1) is 0 Å². The van der Waals surface area contributed by atoms with Gasteiger partial charge in [0.25, 0.3) is 5.91 Å². The zero-order valence-electron chi connectivity index (χ0n) is 18.7. The van der Waals surface area contributed by atoms with Crippen molar-refractivity contribution in [2.24, 2.45) is 0 Å². The highest BCUT2D eigenvalue weighted by Gasteiger charge is 2.26. The molecule has 7 heteroatoms. The summed E-state index contributed by atoms with van der Waals surface area (Å²) >= 11 is 5.99. The third-order valence-electron chi connectivity index (χ3n) is 5.18. The number of nitrogens with zero attached hydrogens (tertiary/aromatic N) is 1. The Morgan fingerprint density at radius 2 is 1.64 bits per heavy atom. The van der Waals surface area contributed by atoms with Crippen LogP contribution < -0.4 is 14.8 Å². The molecule has 0 heterocycles. The Hall–Kier alpha value is -3.51. The van der Waals surface area contributed by atoms with Crippen molar-refractivity contribution in [3.8, 4) is 11.5 Å². The maximum absolute atomic E-state index is 13.1. The summed E-state index contributed by atoms with van der Waals surface area (Å²) in [7, 11) is 1.59. The first-order valence-corrected chi connectivity index (χ1v) is 11.0. The number of para-hydroxylation sites is 2. The third kappa shape index (κ3) is 6.99. The van der Waals surface area contributed by atoms with Crippen molar-refractivity contribution in [3.63, 3.8) is 0 Å². The van der Waals surface area contributed by atoms with E-state index in [0.717, 1.165) is 11.1 Å². The van der Waals surface area contributed by atoms with Gasteiger partial charge in [-0.2, -0.15) is 0 Å². The molecule has 1 N–H and O–H groups in total. The minimum Gasteiger partial charge on any atom is -0.496 e. The van der Waals surface area contributed by atoms with Crippen LogP contribution in [0.3, 0.4) is 0 Å². The maximum atomic E-state index is 13.1. The fourth-order valence-corrected chi connectivity index (χ4v) is 3.42. The number of carbonyl (C=O) groups excluding carboxylic acids is 2. The Morgan fingerprint density at radius 3 is 2.33 bits per heavy atom. The van der Waals surface area contributed by atoms with Crippen LogP contribution in [-0.4, -0.2) is 36.5 Å². The second-order valence-corrected chi connectivity index (χ2v) is 7.89. The molecular formula is C26H27ClN2O4. The number of benzene rings is 3. The summed E-state index contributed by atoms with van der Waals surface area (Å²) in [5.74, 6) is 0.707. The minimum absolute atomic E-state index is 0.179. The number of amides is 2. The monoisotopic (exact) mass is 466 g/mol. The summed E-state index contributed by atoms with van der Waals surface area (Å²) in [5, 5.41) is 3.51. The molecule has 0 bridgehead atoms. The number of hydrogen-bond donors (Lipinski definition) is 1. The molecule has 3 aromatic rings. The van der Waals surface area contributed by atoms with E-state index in [1.54, 1.807) is 38.3 Å². The Morgan fingerprint density at radius 1 is 0.970 bits per heavy atom. The molecule has 6 nitrogen and oxygen atoms in total. The van der Waals surface area contributed by atoms with Crippen molar-refractivity contribution in [3.05, 3.63) is 95.0 Å². The van der Waals surface area contributed by atoms with E-state index in [1.807, 2.05) is 54.6 Å². The van der Waals surface area contributed by atoms with E-state index >= 15 is 0 Å². The first-order valence-electron chi connectivity index (χ1n) is 10.6. The normalized spacial score (nSPS) is 11.4. The SMILES string of the molecule is COc1ccccc1CNC(=O)[C@@H](C)N(Cc1ccc(Cl)cc1)C(=O)COc1ccccc1. The third-order valence-corrected chi connectivity index (χ3v) is 5.44. The van der Waals surface area contributed by atoms with Crippen LogP contribution in [0, 0.1) is 0 Å². The van der Waals surface area contributed by atoms with Gasteiger partial charge < -0.3 is 19.7 Å². The molecule has 0 fully saturated rings. The van der Waals surface area contributed by atoms with E-state index in [4.69, 9.17) is 21.1 Å². The van der Waals surface area contributed by atoms with E-state index in [9.17, 15) is 9.59 Å². The van der Waals surface area contributed by atoms with Crippen LogP contribution in [0.4, 0.5) is 0 Å². The molecule has 0 unspecified atom stereocenters. The van der Waals surface area contributed by atoms with Crippen molar-refractivity contribution in [1.82, 2.24) is 10.2 Å². The fraction of sp³-hybridized carbons (Fsp3) is 0.231. The predicted molar refractivity (Wildman–Crippen MR) is 128 cm³/mol. The van der Waals surface area contributed by atoms with Crippen LogP contribution in [0.2, 0.25) is 5.02 Å². The van der Waals surface area contributed by atoms with Gasteiger partial charge in [-0.3, -0.25) is 9.59 Å². The van der Waals surface area contributed by atoms with Gasteiger partial charge in [0.1, 0.15) is 17.5 Å². The van der Waals surface area contributed by atoms with E-state index < -0.39 is 6.04 Å². The molecule has 33 heavy (non-hydrogen) atoms. The number of rotatable bonds is 10. The molecule has 0 aromatic heterocycles. The van der Waals surface area contributed by atoms with Crippen LogP contribution in [0.1, 0.15) is 18.1 Å². The molecule has 0 aliphatic heterocycles. The molecule has 0 saturated heterocycles. The van der Waals surface area contributed by atoms with Crippen molar-refractivity contribution >= 4 is 23.4 Å². The molecule has 3 rings (SSSR count). The molecule has 0 aliphatic carbocycles.